The van der Waals surface area contributed by atoms with Gasteiger partial charge in [-0.25, -0.2) is 0 Å². The minimum Gasteiger partial charge on any atom is -0.310 e. The molecule has 1 aliphatic rings. The van der Waals surface area contributed by atoms with Crippen LogP contribution in [0.3, 0.4) is 0 Å². The molecule has 0 saturated carbocycles. The smallest absolute Gasteiger partial charge is 0.197 e. The van der Waals surface area contributed by atoms with Gasteiger partial charge in [0.2, 0.25) is 0 Å². The van der Waals surface area contributed by atoms with Crippen molar-refractivity contribution in [1.29, 1.82) is 0 Å². The highest BCUT2D eigenvalue weighted by Gasteiger charge is 2.32. The summed E-state index contributed by atoms with van der Waals surface area (Å²) in [4.78, 5) is 28.0. The number of anilines is 3. The second kappa shape index (κ2) is 10.5. The molecule has 6 aromatic carbocycles. The number of nitrogens with zero attached hydrogens (tertiary/aromatic N) is 1. The van der Waals surface area contributed by atoms with Gasteiger partial charge in [0.15, 0.2) is 11.6 Å². The van der Waals surface area contributed by atoms with Crippen LogP contribution in [-0.4, -0.2) is 11.6 Å². The van der Waals surface area contributed by atoms with Crippen LogP contribution >= 0.6 is 0 Å². The van der Waals surface area contributed by atoms with Crippen LogP contribution in [0, 0.1) is 6.92 Å². The molecule has 0 atom stereocenters. The van der Waals surface area contributed by atoms with Crippen LogP contribution in [0.4, 0.5) is 17.1 Å². The summed E-state index contributed by atoms with van der Waals surface area (Å²) in [5, 5.41) is 2.10. The van der Waals surface area contributed by atoms with Crippen LogP contribution in [0.1, 0.15) is 31.8 Å². The average molecular weight is 542 g/mol. The van der Waals surface area contributed by atoms with Gasteiger partial charge in [0, 0.05) is 28.2 Å². The maximum atomic E-state index is 12.9. The molecular formula is C39H27NO2. The van der Waals surface area contributed by atoms with E-state index in [0.717, 1.165) is 33.4 Å². The first-order chi connectivity index (χ1) is 20.5. The van der Waals surface area contributed by atoms with Gasteiger partial charge in [0.25, 0.3) is 0 Å². The van der Waals surface area contributed by atoms with Crippen LogP contribution < -0.4 is 4.90 Å². The number of fused-ring (bicyclic) bond motifs is 2. The van der Waals surface area contributed by atoms with E-state index in [2.05, 4.69) is 103 Å². The highest BCUT2D eigenvalue weighted by Crippen LogP contribution is 2.37. The second-order valence-electron chi connectivity index (χ2n) is 10.6. The van der Waals surface area contributed by atoms with Crippen molar-refractivity contribution < 1.29 is 9.59 Å². The quantitative estimate of drug-likeness (QED) is 0.161. The van der Waals surface area contributed by atoms with Crippen LogP contribution in [0.5, 0.6) is 0 Å². The molecule has 3 nitrogen and oxygen atoms in total. The van der Waals surface area contributed by atoms with Gasteiger partial charge in [0.1, 0.15) is 0 Å². The van der Waals surface area contributed by atoms with Gasteiger partial charge in [0.05, 0.1) is 5.57 Å². The largest absolute Gasteiger partial charge is 0.310 e. The van der Waals surface area contributed by atoms with Gasteiger partial charge in [-0.05, 0) is 82.9 Å². The third kappa shape index (κ3) is 4.61. The van der Waals surface area contributed by atoms with E-state index >= 15 is 0 Å². The number of Topliss-reactive ketones (excluding diaryl/α,β-unsaturated/α-hetero) is 2. The van der Waals surface area contributed by atoms with Crippen LogP contribution in [-0.2, 0) is 0 Å². The SMILES string of the molecule is Cc1ccc(N(c2ccc(-c3ccccc3)cc2)c2ccc3cc(C=C4C(=O)c5ccccc5C4=O)ccc3c2)cc1. The van der Waals surface area contributed by atoms with Crippen LogP contribution in [0.15, 0.2) is 145 Å². The van der Waals surface area contributed by atoms with Gasteiger partial charge in [-0.3, -0.25) is 9.59 Å². The number of hydrogen-bond donors (Lipinski definition) is 0. The first-order valence-electron chi connectivity index (χ1n) is 14.0. The lowest BCUT2D eigenvalue weighted by Gasteiger charge is -2.26. The molecule has 1 aliphatic carbocycles. The number of rotatable bonds is 5. The van der Waals surface area contributed by atoms with Gasteiger partial charge in [-0.2, -0.15) is 0 Å². The van der Waals surface area contributed by atoms with Gasteiger partial charge in [-0.15, -0.1) is 0 Å². The molecule has 6 aromatic rings. The first kappa shape index (κ1) is 25.4. The van der Waals surface area contributed by atoms with Crippen molar-refractivity contribution in [3.63, 3.8) is 0 Å². The van der Waals surface area contributed by atoms with Crippen molar-refractivity contribution in [2.75, 3.05) is 4.90 Å². The summed E-state index contributed by atoms with van der Waals surface area (Å²) in [6.45, 7) is 2.09. The van der Waals surface area contributed by atoms with Crippen LogP contribution in [0.2, 0.25) is 0 Å². The summed E-state index contributed by atoms with van der Waals surface area (Å²) in [7, 11) is 0. The number of hydrogen-bond acceptors (Lipinski definition) is 3. The molecule has 0 saturated heterocycles. The van der Waals surface area contributed by atoms with Crippen molar-refractivity contribution in [3.05, 3.63) is 167 Å². The minimum absolute atomic E-state index is 0.210. The molecule has 0 spiro atoms. The Morgan fingerprint density at radius 2 is 1.02 bits per heavy atom. The molecule has 42 heavy (non-hydrogen) atoms. The van der Waals surface area contributed by atoms with Crippen molar-refractivity contribution >= 4 is 45.5 Å². The molecule has 0 heterocycles. The summed E-state index contributed by atoms with van der Waals surface area (Å²) in [5.74, 6) is -0.420. The molecule has 0 amide bonds. The van der Waals surface area contributed by atoms with E-state index in [1.54, 1.807) is 30.3 Å². The zero-order valence-electron chi connectivity index (χ0n) is 23.1. The zero-order valence-corrected chi connectivity index (χ0v) is 23.1. The lowest BCUT2D eigenvalue weighted by Crippen LogP contribution is -2.09. The van der Waals surface area contributed by atoms with Crippen molar-refractivity contribution in [2.45, 2.75) is 6.92 Å². The Kier molecular flexibility index (Phi) is 6.33. The Morgan fingerprint density at radius 3 is 1.69 bits per heavy atom. The van der Waals surface area contributed by atoms with E-state index < -0.39 is 0 Å². The zero-order chi connectivity index (χ0) is 28.6. The molecule has 200 valence electrons. The molecule has 0 aromatic heterocycles. The highest BCUT2D eigenvalue weighted by atomic mass is 16.2. The Hall–Kier alpha value is -5.54. The normalized spacial score (nSPS) is 12.5. The fourth-order valence-electron chi connectivity index (χ4n) is 5.63. The van der Waals surface area contributed by atoms with Gasteiger partial charge < -0.3 is 4.90 Å². The third-order valence-corrected chi connectivity index (χ3v) is 7.85. The number of ketones is 2. The molecule has 3 heteroatoms. The average Bonchev–Trinajstić information content (AvgIpc) is 3.27. The molecule has 0 fully saturated rings. The van der Waals surface area contributed by atoms with Crippen molar-refractivity contribution in [1.82, 2.24) is 0 Å². The lowest BCUT2D eigenvalue weighted by atomic mass is 10.0. The predicted molar refractivity (Wildman–Crippen MR) is 172 cm³/mol. The Balaban J connectivity index is 1.25. The molecular weight excluding hydrogens is 514 g/mol. The number of benzene rings is 6. The summed E-state index contributed by atoms with van der Waals surface area (Å²) >= 11 is 0. The number of carbonyl (C=O) groups excluding carboxylic acids is 2. The second-order valence-corrected chi connectivity index (χ2v) is 10.6. The van der Waals surface area contributed by atoms with E-state index in [9.17, 15) is 9.59 Å². The summed E-state index contributed by atoms with van der Waals surface area (Å²) in [5.41, 5.74) is 8.76. The highest BCUT2D eigenvalue weighted by molar-refractivity contribution is 6.41. The van der Waals surface area contributed by atoms with Crippen molar-refractivity contribution in [3.8, 4) is 11.1 Å². The summed E-state index contributed by atoms with van der Waals surface area (Å²) < 4.78 is 0. The first-order valence-corrected chi connectivity index (χ1v) is 14.0. The number of carbonyl (C=O) groups is 2. The molecule has 0 N–H and O–H groups in total. The van der Waals surface area contributed by atoms with Crippen LogP contribution in [0.25, 0.3) is 28.0 Å². The number of allylic oxidation sites excluding steroid dienone is 1. The van der Waals surface area contributed by atoms with E-state index in [1.807, 2.05) is 24.3 Å². The van der Waals surface area contributed by atoms with E-state index in [0.29, 0.717) is 11.1 Å². The standard InChI is InChI=1S/C39H27NO2/c1-26-11-18-32(19-12-26)40(33-20-15-29(16-21-33)28-7-3-2-4-8-28)34-22-17-30-23-27(13-14-31(30)25-34)24-37-38(41)35-9-5-6-10-36(35)39(37)42/h2-25H,1H3. The topological polar surface area (TPSA) is 37.4 Å². The molecule has 0 aliphatic heterocycles. The van der Waals surface area contributed by atoms with Crippen molar-refractivity contribution in [2.24, 2.45) is 0 Å². The van der Waals surface area contributed by atoms with E-state index in [4.69, 9.17) is 0 Å². The number of aryl methyl sites for hydroxylation is 1. The maximum Gasteiger partial charge on any atom is 0.197 e. The van der Waals surface area contributed by atoms with E-state index in [1.165, 1.54) is 16.7 Å². The Labute approximate surface area is 245 Å². The summed E-state index contributed by atoms with van der Waals surface area (Å²) in [6.07, 6.45) is 1.71. The maximum absolute atomic E-state index is 12.9. The molecule has 7 rings (SSSR count). The predicted octanol–water partition coefficient (Wildman–Crippen LogP) is 9.75. The van der Waals surface area contributed by atoms with E-state index in [-0.39, 0.29) is 17.1 Å². The Morgan fingerprint density at radius 1 is 0.500 bits per heavy atom. The fourth-order valence-corrected chi connectivity index (χ4v) is 5.63. The monoisotopic (exact) mass is 541 g/mol. The summed E-state index contributed by atoms with van der Waals surface area (Å²) in [6, 6.07) is 47.0. The molecule has 0 unspecified atom stereocenters. The minimum atomic E-state index is -0.210. The van der Waals surface area contributed by atoms with Gasteiger partial charge in [-0.1, -0.05) is 103 Å². The molecule has 0 bridgehead atoms. The fraction of sp³-hybridized carbons (Fsp3) is 0.0256. The Bertz CT molecular complexity index is 1970. The third-order valence-electron chi connectivity index (χ3n) is 7.85. The van der Waals surface area contributed by atoms with Gasteiger partial charge >= 0.3 is 0 Å². The molecule has 0 radical (unpaired) electrons. The lowest BCUT2D eigenvalue weighted by molar-refractivity contribution is 0.0990.